The van der Waals surface area contributed by atoms with Crippen molar-refractivity contribution in [3.63, 3.8) is 0 Å². The second-order valence-electron chi connectivity index (χ2n) is 10.3. The van der Waals surface area contributed by atoms with Gasteiger partial charge in [0, 0.05) is 24.0 Å². The van der Waals surface area contributed by atoms with Crippen molar-refractivity contribution < 1.29 is 9.90 Å². The van der Waals surface area contributed by atoms with Crippen LogP contribution in [-0.4, -0.2) is 27.2 Å². The molecule has 33 heavy (non-hydrogen) atoms. The molecule has 1 amide bonds. The molecular weight excluding hydrogens is 416 g/mol. The van der Waals surface area contributed by atoms with Crippen molar-refractivity contribution in [3.05, 3.63) is 69.1 Å². The van der Waals surface area contributed by atoms with E-state index in [9.17, 15) is 14.7 Å². The maximum absolute atomic E-state index is 12.3. The number of rotatable bonds is 5. The lowest BCUT2D eigenvalue weighted by atomic mass is 9.78. The number of nitrogens with one attached hydrogen (secondary N) is 2. The molecular formula is C26H32N4O3. The number of aromatic amines is 1. The zero-order chi connectivity index (χ0) is 24.4. The molecule has 0 fully saturated rings. The number of carbonyl (C=O) groups is 1. The van der Waals surface area contributed by atoms with Crippen molar-refractivity contribution in [2.24, 2.45) is 5.10 Å². The van der Waals surface area contributed by atoms with Gasteiger partial charge in [-0.25, -0.2) is 10.4 Å². The first-order chi connectivity index (χ1) is 15.4. The average Bonchev–Trinajstić information content (AvgIpc) is 2.71. The number of phenols is 1. The third kappa shape index (κ3) is 5.86. The SMILES string of the molecule is CC(C)(C)c1cc(/C=N\NC(=O)CCc2nc3ccccc3[nH]c2=O)cc(C(C)(C)C)c1O. The highest BCUT2D eigenvalue weighted by molar-refractivity contribution is 5.83. The topological polar surface area (TPSA) is 107 Å². The molecule has 3 rings (SSSR count). The molecule has 0 saturated carbocycles. The first-order valence-electron chi connectivity index (χ1n) is 11.0. The molecule has 0 unspecified atom stereocenters. The number of benzene rings is 2. The van der Waals surface area contributed by atoms with E-state index >= 15 is 0 Å². The van der Waals surface area contributed by atoms with E-state index in [0.717, 1.165) is 16.7 Å². The smallest absolute Gasteiger partial charge is 0.270 e. The highest BCUT2D eigenvalue weighted by Crippen LogP contribution is 2.39. The Kier molecular flexibility index (Phi) is 6.72. The summed E-state index contributed by atoms with van der Waals surface area (Å²) in [5, 5.41) is 14.9. The van der Waals surface area contributed by atoms with Crippen LogP contribution in [0, 0.1) is 0 Å². The van der Waals surface area contributed by atoms with Gasteiger partial charge in [0.1, 0.15) is 11.4 Å². The summed E-state index contributed by atoms with van der Waals surface area (Å²) >= 11 is 0. The third-order valence-corrected chi connectivity index (χ3v) is 5.41. The molecule has 1 heterocycles. The quantitative estimate of drug-likeness (QED) is 0.399. The van der Waals surface area contributed by atoms with Gasteiger partial charge in [0.15, 0.2) is 0 Å². The van der Waals surface area contributed by atoms with Crippen LogP contribution < -0.4 is 11.0 Å². The first kappa shape index (κ1) is 24.2. The van der Waals surface area contributed by atoms with Crippen LogP contribution in [0.3, 0.4) is 0 Å². The number of hydrogen-bond acceptors (Lipinski definition) is 5. The number of H-pyrrole nitrogens is 1. The van der Waals surface area contributed by atoms with Gasteiger partial charge in [-0.3, -0.25) is 9.59 Å². The number of aromatic nitrogens is 2. The number of fused-ring (bicyclic) bond motifs is 1. The van der Waals surface area contributed by atoms with Crippen LogP contribution in [0.1, 0.15) is 70.3 Å². The summed E-state index contributed by atoms with van der Waals surface area (Å²) in [5.74, 6) is -0.0178. The van der Waals surface area contributed by atoms with E-state index in [-0.39, 0.29) is 35.1 Å². The number of phenolic OH excluding ortho intramolecular Hbond substituents is 1. The predicted molar refractivity (Wildman–Crippen MR) is 132 cm³/mol. The summed E-state index contributed by atoms with van der Waals surface area (Å²) in [7, 11) is 0. The second kappa shape index (κ2) is 9.17. The molecule has 3 aromatic rings. The number of nitrogens with zero attached hydrogens (tertiary/aromatic N) is 2. The molecule has 0 saturated heterocycles. The summed E-state index contributed by atoms with van der Waals surface area (Å²) < 4.78 is 0. The van der Waals surface area contributed by atoms with E-state index in [1.165, 1.54) is 0 Å². The summed E-state index contributed by atoms with van der Waals surface area (Å²) in [6, 6.07) is 11.0. The van der Waals surface area contributed by atoms with E-state index in [4.69, 9.17) is 0 Å². The number of para-hydroxylation sites is 2. The molecule has 1 aromatic heterocycles. The van der Waals surface area contributed by atoms with E-state index in [2.05, 4.69) is 20.5 Å². The number of aryl methyl sites for hydroxylation is 1. The predicted octanol–water partition coefficient (Wildman–Crippen LogP) is 4.31. The van der Waals surface area contributed by atoms with Crippen molar-refractivity contribution >= 4 is 23.2 Å². The van der Waals surface area contributed by atoms with Gasteiger partial charge in [-0.15, -0.1) is 0 Å². The van der Waals surface area contributed by atoms with Gasteiger partial charge in [0.05, 0.1) is 17.2 Å². The van der Waals surface area contributed by atoms with Crippen LogP contribution in [0.15, 0.2) is 46.3 Å². The normalized spacial score (nSPS) is 12.4. The fourth-order valence-electron chi connectivity index (χ4n) is 3.58. The number of aromatic hydroxyl groups is 1. The van der Waals surface area contributed by atoms with E-state index in [1.54, 1.807) is 12.3 Å². The van der Waals surface area contributed by atoms with Gasteiger partial charge in [-0.1, -0.05) is 53.7 Å². The van der Waals surface area contributed by atoms with Gasteiger partial charge in [-0.2, -0.15) is 5.10 Å². The minimum absolute atomic E-state index is 0.0851. The van der Waals surface area contributed by atoms with Crippen LogP contribution in [0.4, 0.5) is 0 Å². The summed E-state index contributed by atoms with van der Waals surface area (Å²) in [6.07, 6.45) is 1.87. The van der Waals surface area contributed by atoms with Crippen LogP contribution in [-0.2, 0) is 22.0 Å². The standard InChI is InChI=1S/C26H32N4O3/c1-25(2,3)17-13-16(14-18(23(17)32)26(4,5)6)15-27-30-22(31)12-11-21-24(33)29-20-10-8-7-9-19(20)28-21/h7-10,13-15,32H,11-12H2,1-6H3,(H,29,33)(H,30,31)/b27-15-. The van der Waals surface area contributed by atoms with Gasteiger partial charge in [0.25, 0.3) is 5.56 Å². The van der Waals surface area contributed by atoms with Crippen LogP contribution in [0.2, 0.25) is 0 Å². The molecule has 0 spiro atoms. The maximum Gasteiger partial charge on any atom is 0.270 e. The minimum atomic E-state index is -0.313. The fraction of sp³-hybridized carbons (Fsp3) is 0.385. The number of hydrogen-bond donors (Lipinski definition) is 3. The number of hydrazone groups is 1. The molecule has 0 aliphatic rings. The van der Waals surface area contributed by atoms with Crippen molar-refractivity contribution in [1.82, 2.24) is 15.4 Å². The Morgan fingerprint density at radius 3 is 2.30 bits per heavy atom. The lowest BCUT2D eigenvalue weighted by molar-refractivity contribution is -0.121. The van der Waals surface area contributed by atoms with Crippen molar-refractivity contribution in [1.29, 1.82) is 0 Å². The molecule has 7 heteroatoms. The molecule has 2 aromatic carbocycles. The Bertz CT molecular complexity index is 1230. The molecule has 0 atom stereocenters. The van der Waals surface area contributed by atoms with Gasteiger partial charge >= 0.3 is 0 Å². The molecule has 3 N–H and O–H groups in total. The zero-order valence-electron chi connectivity index (χ0n) is 20.1. The molecule has 7 nitrogen and oxygen atoms in total. The van der Waals surface area contributed by atoms with Gasteiger partial charge < -0.3 is 10.1 Å². The number of carbonyl (C=O) groups excluding carboxylic acids is 1. The molecule has 174 valence electrons. The lowest BCUT2D eigenvalue weighted by Gasteiger charge is -2.27. The summed E-state index contributed by atoms with van der Waals surface area (Å²) in [4.78, 5) is 31.6. The third-order valence-electron chi connectivity index (χ3n) is 5.41. The van der Waals surface area contributed by atoms with Crippen LogP contribution in [0.5, 0.6) is 5.75 Å². The van der Waals surface area contributed by atoms with Crippen LogP contribution in [0.25, 0.3) is 11.0 Å². The average molecular weight is 449 g/mol. The fourth-order valence-corrected chi connectivity index (χ4v) is 3.58. The molecule has 0 bridgehead atoms. The lowest BCUT2D eigenvalue weighted by Crippen LogP contribution is -2.21. The summed E-state index contributed by atoms with van der Waals surface area (Å²) in [5.41, 5.74) is 5.82. The highest BCUT2D eigenvalue weighted by Gasteiger charge is 2.26. The Morgan fingerprint density at radius 1 is 1.09 bits per heavy atom. The van der Waals surface area contributed by atoms with Gasteiger partial charge in [0.2, 0.25) is 5.91 Å². The van der Waals surface area contributed by atoms with Crippen molar-refractivity contribution in [2.45, 2.75) is 65.2 Å². The maximum atomic E-state index is 12.3. The number of amides is 1. The Morgan fingerprint density at radius 2 is 1.70 bits per heavy atom. The molecule has 0 aliphatic heterocycles. The Labute approximate surface area is 194 Å². The monoisotopic (exact) mass is 448 g/mol. The largest absolute Gasteiger partial charge is 0.507 e. The van der Waals surface area contributed by atoms with Crippen LogP contribution >= 0.6 is 0 Å². The van der Waals surface area contributed by atoms with E-state index in [0.29, 0.717) is 22.5 Å². The second-order valence-corrected chi connectivity index (χ2v) is 10.3. The highest BCUT2D eigenvalue weighted by atomic mass is 16.3. The van der Waals surface area contributed by atoms with E-state index < -0.39 is 0 Å². The molecule has 0 radical (unpaired) electrons. The Balaban J connectivity index is 1.71. The first-order valence-corrected chi connectivity index (χ1v) is 11.0. The van der Waals surface area contributed by atoms with Gasteiger partial charge in [-0.05, 0) is 40.7 Å². The summed E-state index contributed by atoms with van der Waals surface area (Å²) in [6.45, 7) is 12.2. The zero-order valence-corrected chi connectivity index (χ0v) is 20.1. The minimum Gasteiger partial charge on any atom is -0.507 e. The van der Waals surface area contributed by atoms with Crippen molar-refractivity contribution in [2.75, 3.05) is 0 Å². The molecule has 0 aliphatic carbocycles. The van der Waals surface area contributed by atoms with E-state index in [1.807, 2.05) is 71.9 Å². The van der Waals surface area contributed by atoms with Crippen molar-refractivity contribution in [3.8, 4) is 5.75 Å². The Hall–Kier alpha value is -3.48.